The van der Waals surface area contributed by atoms with Crippen LogP contribution < -0.4 is 0 Å². The molecule has 78 valence electrons. The monoisotopic (exact) mass is 196 g/mol. The highest BCUT2D eigenvalue weighted by molar-refractivity contribution is 6.11. The number of hydrogen-bond acceptors (Lipinski definition) is 3. The van der Waals surface area contributed by atoms with E-state index in [4.69, 9.17) is 0 Å². The summed E-state index contributed by atoms with van der Waals surface area (Å²) in [4.78, 5) is 34.5. The van der Waals surface area contributed by atoms with E-state index in [1.165, 1.54) is 6.92 Å². The molecule has 0 N–H and O–H groups in total. The summed E-state index contributed by atoms with van der Waals surface area (Å²) < 4.78 is 0. The first kappa shape index (κ1) is 11.1. The molecule has 0 saturated heterocycles. The fourth-order valence-electron chi connectivity index (χ4n) is 2.17. The Kier molecular flexibility index (Phi) is 3.19. The molecule has 1 saturated carbocycles. The molecule has 0 aromatic carbocycles. The van der Waals surface area contributed by atoms with Gasteiger partial charge in [-0.05, 0) is 13.3 Å². The quantitative estimate of drug-likeness (QED) is 0.645. The zero-order valence-corrected chi connectivity index (χ0v) is 8.76. The summed E-state index contributed by atoms with van der Waals surface area (Å²) in [6.45, 7) is 3.35. The zero-order valence-electron chi connectivity index (χ0n) is 8.76. The van der Waals surface area contributed by atoms with Crippen LogP contribution >= 0.6 is 0 Å². The second-order valence-electron chi connectivity index (χ2n) is 4.03. The second kappa shape index (κ2) is 4.03. The predicted molar refractivity (Wildman–Crippen MR) is 51.9 cm³/mol. The van der Waals surface area contributed by atoms with Crippen LogP contribution in [0.25, 0.3) is 0 Å². The van der Waals surface area contributed by atoms with E-state index in [0.717, 1.165) is 6.42 Å². The predicted octanol–water partition coefficient (Wildman–Crippen LogP) is 1.68. The minimum absolute atomic E-state index is 0.0357. The first-order valence-corrected chi connectivity index (χ1v) is 5.09. The van der Waals surface area contributed by atoms with Crippen molar-refractivity contribution in [1.29, 1.82) is 0 Å². The molecule has 0 aromatic rings. The molecule has 0 heterocycles. The molecule has 0 aromatic heterocycles. The maximum Gasteiger partial charge on any atom is 0.147 e. The number of rotatable bonds is 3. The van der Waals surface area contributed by atoms with Crippen LogP contribution in [0, 0.1) is 5.41 Å². The Bertz CT molecular complexity index is 280. The first-order chi connectivity index (χ1) is 6.53. The van der Waals surface area contributed by atoms with E-state index in [9.17, 15) is 14.4 Å². The van der Waals surface area contributed by atoms with Crippen molar-refractivity contribution in [3.63, 3.8) is 0 Å². The van der Waals surface area contributed by atoms with Crippen LogP contribution in [0.15, 0.2) is 0 Å². The third kappa shape index (κ3) is 1.76. The lowest BCUT2D eigenvalue weighted by molar-refractivity contribution is -0.147. The molecule has 3 nitrogen and oxygen atoms in total. The van der Waals surface area contributed by atoms with E-state index < -0.39 is 5.41 Å². The molecule has 0 bridgehead atoms. The van der Waals surface area contributed by atoms with Crippen molar-refractivity contribution < 1.29 is 14.4 Å². The van der Waals surface area contributed by atoms with Gasteiger partial charge in [-0.1, -0.05) is 13.3 Å². The van der Waals surface area contributed by atoms with E-state index in [-0.39, 0.29) is 30.2 Å². The maximum atomic E-state index is 11.7. The van der Waals surface area contributed by atoms with Crippen LogP contribution in [0.5, 0.6) is 0 Å². The van der Waals surface area contributed by atoms with Gasteiger partial charge in [0, 0.05) is 19.3 Å². The second-order valence-corrected chi connectivity index (χ2v) is 4.03. The van der Waals surface area contributed by atoms with Crippen molar-refractivity contribution >= 4 is 17.3 Å². The average molecular weight is 196 g/mol. The molecule has 0 amide bonds. The molecular weight excluding hydrogens is 180 g/mol. The van der Waals surface area contributed by atoms with Crippen LogP contribution in [-0.2, 0) is 14.4 Å². The molecule has 1 unspecified atom stereocenters. The van der Waals surface area contributed by atoms with Crippen molar-refractivity contribution in [2.45, 2.75) is 46.0 Å². The molecular formula is C11H16O3. The topological polar surface area (TPSA) is 51.2 Å². The third-order valence-corrected chi connectivity index (χ3v) is 3.01. The van der Waals surface area contributed by atoms with Crippen molar-refractivity contribution in [2.24, 2.45) is 5.41 Å². The molecule has 0 radical (unpaired) electrons. The van der Waals surface area contributed by atoms with Gasteiger partial charge >= 0.3 is 0 Å². The van der Waals surface area contributed by atoms with Gasteiger partial charge in [0.25, 0.3) is 0 Å². The van der Waals surface area contributed by atoms with Gasteiger partial charge in [0.1, 0.15) is 17.3 Å². The molecule has 3 heteroatoms. The summed E-state index contributed by atoms with van der Waals surface area (Å²) in [6, 6.07) is 0. The SMILES string of the molecule is CCCC1(C(C)=O)CC(=O)CCC1=O. The maximum absolute atomic E-state index is 11.7. The highest BCUT2D eigenvalue weighted by Crippen LogP contribution is 2.36. The highest BCUT2D eigenvalue weighted by atomic mass is 16.2. The number of carbonyl (C=O) groups excluding carboxylic acids is 3. The van der Waals surface area contributed by atoms with Gasteiger partial charge in [-0.2, -0.15) is 0 Å². The lowest BCUT2D eigenvalue weighted by Gasteiger charge is -2.32. The molecule has 0 aliphatic heterocycles. The summed E-state index contributed by atoms with van der Waals surface area (Å²) in [5, 5.41) is 0. The Hall–Kier alpha value is -0.990. The third-order valence-electron chi connectivity index (χ3n) is 3.01. The van der Waals surface area contributed by atoms with Gasteiger partial charge in [0.15, 0.2) is 0 Å². The van der Waals surface area contributed by atoms with Crippen molar-refractivity contribution in [1.82, 2.24) is 0 Å². The normalized spacial score (nSPS) is 27.9. The number of hydrogen-bond donors (Lipinski definition) is 0. The number of ketones is 3. The largest absolute Gasteiger partial charge is 0.300 e. The summed E-state index contributed by atoms with van der Waals surface area (Å²) >= 11 is 0. The van der Waals surface area contributed by atoms with E-state index in [1.54, 1.807) is 0 Å². The van der Waals surface area contributed by atoms with Crippen LogP contribution in [0.2, 0.25) is 0 Å². The molecule has 1 atom stereocenters. The lowest BCUT2D eigenvalue weighted by atomic mass is 9.67. The van der Waals surface area contributed by atoms with Crippen LogP contribution in [0.1, 0.15) is 46.0 Å². The van der Waals surface area contributed by atoms with E-state index >= 15 is 0 Å². The van der Waals surface area contributed by atoms with Gasteiger partial charge in [-0.15, -0.1) is 0 Å². The zero-order chi connectivity index (χ0) is 10.8. The molecule has 1 fully saturated rings. The molecule has 14 heavy (non-hydrogen) atoms. The summed E-state index contributed by atoms with van der Waals surface area (Å²) in [5.74, 6) is -0.128. The summed E-state index contributed by atoms with van der Waals surface area (Å²) in [5.41, 5.74) is -0.968. The Balaban J connectivity index is 2.98. The van der Waals surface area contributed by atoms with Crippen molar-refractivity contribution in [3.05, 3.63) is 0 Å². The first-order valence-electron chi connectivity index (χ1n) is 5.09. The van der Waals surface area contributed by atoms with Crippen molar-refractivity contribution in [2.75, 3.05) is 0 Å². The van der Waals surface area contributed by atoms with E-state index in [2.05, 4.69) is 0 Å². The smallest absolute Gasteiger partial charge is 0.147 e. The van der Waals surface area contributed by atoms with Gasteiger partial charge in [0.2, 0.25) is 0 Å². The molecule has 1 aliphatic carbocycles. The minimum Gasteiger partial charge on any atom is -0.300 e. The highest BCUT2D eigenvalue weighted by Gasteiger charge is 2.45. The fourth-order valence-corrected chi connectivity index (χ4v) is 2.17. The van der Waals surface area contributed by atoms with Crippen LogP contribution in [0.4, 0.5) is 0 Å². The average Bonchev–Trinajstić information content (AvgIpc) is 2.11. The Morgan fingerprint density at radius 2 is 2.00 bits per heavy atom. The van der Waals surface area contributed by atoms with Gasteiger partial charge in [-0.3, -0.25) is 14.4 Å². The van der Waals surface area contributed by atoms with E-state index in [0.29, 0.717) is 12.8 Å². The van der Waals surface area contributed by atoms with Gasteiger partial charge in [-0.25, -0.2) is 0 Å². The summed E-state index contributed by atoms with van der Waals surface area (Å²) in [7, 11) is 0. The fraction of sp³-hybridized carbons (Fsp3) is 0.727. The Morgan fingerprint density at radius 1 is 1.36 bits per heavy atom. The minimum atomic E-state index is -0.968. The molecule has 1 aliphatic rings. The number of Topliss-reactive ketones (excluding diaryl/α,β-unsaturated/α-hetero) is 3. The standard InChI is InChI=1S/C11H16O3/c1-3-6-11(8(2)12)7-9(13)4-5-10(11)14/h3-7H2,1-2H3. The van der Waals surface area contributed by atoms with Gasteiger partial charge < -0.3 is 0 Å². The van der Waals surface area contributed by atoms with Gasteiger partial charge in [0.05, 0.1) is 5.41 Å². The van der Waals surface area contributed by atoms with Crippen LogP contribution in [0.3, 0.4) is 0 Å². The molecule has 1 rings (SSSR count). The van der Waals surface area contributed by atoms with E-state index in [1.807, 2.05) is 6.92 Å². The van der Waals surface area contributed by atoms with Crippen molar-refractivity contribution in [3.8, 4) is 0 Å². The number of carbonyl (C=O) groups is 3. The molecule has 0 spiro atoms. The van der Waals surface area contributed by atoms with Crippen LogP contribution in [-0.4, -0.2) is 17.3 Å². The Morgan fingerprint density at radius 3 is 2.50 bits per heavy atom. The lowest BCUT2D eigenvalue weighted by Crippen LogP contribution is -2.43. The Labute approximate surface area is 83.9 Å². The summed E-state index contributed by atoms with van der Waals surface area (Å²) in [6.07, 6.45) is 1.98.